The van der Waals surface area contributed by atoms with Crippen molar-refractivity contribution in [1.29, 1.82) is 0 Å². The minimum Gasteiger partial charge on any atom is -0.381 e. The van der Waals surface area contributed by atoms with Crippen molar-refractivity contribution >= 4 is 31.9 Å². The van der Waals surface area contributed by atoms with Crippen LogP contribution < -0.4 is 10.5 Å². The Balaban J connectivity index is 2.21. The fourth-order valence-electron chi connectivity index (χ4n) is 2.06. The van der Waals surface area contributed by atoms with E-state index in [0.29, 0.717) is 12.8 Å². The number of amides is 1. The van der Waals surface area contributed by atoms with Crippen molar-refractivity contribution < 1.29 is 22.3 Å². The SMILES string of the molecule is COC1CC(NC(=O)c2cc(S(N)(=O)=O)c(Br)cc2F)C1. The highest BCUT2D eigenvalue weighted by molar-refractivity contribution is 9.10. The van der Waals surface area contributed by atoms with Gasteiger partial charge < -0.3 is 10.1 Å². The third-order valence-electron chi connectivity index (χ3n) is 3.34. The molecule has 1 aliphatic rings. The van der Waals surface area contributed by atoms with Crippen molar-refractivity contribution in [1.82, 2.24) is 5.32 Å². The van der Waals surface area contributed by atoms with Crippen molar-refractivity contribution in [3.8, 4) is 0 Å². The fourth-order valence-corrected chi connectivity index (χ4v) is 3.67. The molecule has 1 aromatic carbocycles. The van der Waals surface area contributed by atoms with Crippen LogP contribution in [0, 0.1) is 5.82 Å². The first-order valence-corrected chi connectivity index (χ1v) is 8.41. The largest absolute Gasteiger partial charge is 0.381 e. The molecule has 1 fully saturated rings. The summed E-state index contributed by atoms with van der Waals surface area (Å²) in [5.41, 5.74) is -0.358. The number of carbonyl (C=O) groups excluding carboxylic acids is 1. The van der Waals surface area contributed by atoms with Crippen LogP contribution in [0.3, 0.4) is 0 Å². The molecule has 0 aromatic heterocycles. The summed E-state index contributed by atoms with van der Waals surface area (Å²) in [7, 11) is -2.47. The molecule has 0 bridgehead atoms. The lowest BCUT2D eigenvalue weighted by Gasteiger charge is -2.34. The highest BCUT2D eigenvalue weighted by Crippen LogP contribution is 2.26. The Kier molecular flexibility index (Phi) is 4.66. The molecule has 0 unspecified atom stereocenters. The molecule has 1 aliphatic carbocycles. The molecule has 0 heterocycles. The number of carbonyl (C=O) groups is 1. The van der Waals surface area contributed by atoms with Gasteiger partial charge in [0.1, 0.15) is 5.82 Å². The van der Waals surface area contributed by atoms with Gasteiger partial charge in [-0.3, -0.25) is 4.79 Å². The molecule has 1 aromatic rings. The molecule has 0 saturated heterocycles. The van der Waals surface area contributed by atoms with Crippen LogP contribution in [0.4, 0.5) is 4.39 Å². The molecule has 9 heteroatoms. The van der Waals surface area contributed by atoms with Crippen molar-refractivity contribution in [3.63, 3.8) is 0 Å². The van der Waals surface area contributed by atoms with Gasteiger partial charge in [-0.1, -0.05) is 0 Å². The highest BCUT2D eigenvalue weighted by Gasteiger charge is 2.31. The molecule has 1 amide bonds. The number of ether oxygens (including phenoxy) is 1. The normalized spacial score (nSPS) is 21.7. The maximum atomic E-state index is 13.8. The second-order valence-electron chi connectivity index (χ2n) is 4.81. The van der Waals surface area contributed by atoms with Crippen LogP contribution in [0.15, 0.2) is 21.5 Å². The molecular formula is C12H14BrFN2O4S. The average molecular weight is 381 g/mol. The summed E-state index contributed by atoms with van der Waals surface area (Å²) in [4.78, 5) is 11.7. The van der Waals surface area contributed by atoms with Gasteiger partial charge in [-0.2, -0.15) is 0 Å². The van der Waals surface area contributed by atoms with Gasteiger partial charge >= 0.3 is 0 Å². The summed E-state index contributed by atoms with van der Waals surface area (Å²) in [5.74, 6) is -1.50. The Morgan fingerprint density at radius 3 is 2.62 bits per heavy atom. The number of benzene rings is 1. The zero-order valence-electron chi connectivity index (χ0n) is 11.1. The molecule has 2 rings (SSSR count). The van der Waals surface area contributed by atoms with Gasteiger partial charge in [0.25, 0.3) is 5.91 Å². The van der Waals surface area contributed by atoms with Crippen molar-refractivity contribution in [2.45, 2.75) is 29.9 Å². The van der Waals surface area contributed by atoms with E-state index in [4.69, 9.17) is 9.88 Å². The molecule has 116 valence electrons. The Bertz CT molecular complexity index is 674. The molecule has 0 atom stereocenters. The summed E-state index contributed by atoms with van der Waals surface area (Å²) < 4.78 is 41.7. The minimum atomic E-state index is -4.05. The van der Waals surface area contributed by atoms with Gasteiger partial charge in [0.05, 0.1) is 16.6 Å². The Hall–Kier alpha value is -1.03. The standard InChI is InChI=1S/C12H14BrFN2O4S/c1-20-7-2-6(3-7)16-12(17)8-4-11(21(15,18)19)9(13)5-10(8)14/h4-7H,2-3H2,1H3,(H,16,17)(H2,15,18,19). The Labute approximate surface area is 130 Å². The van der Waals surface area contributed by atoms with Gasteiger partial charge in [-0.05, 0) is 40.9 Å². The number of halogens is 2. The van der Waals surface area contributed by atoms with Crippen LogP contribution >= 0.6 is 15.9 Å². The number of primary sulfonamides is 1. The van der Waals surface area contributed by atoms with Crippen LogP contribution in [0.1, 0.15) is 23.2 Å². The summed E-state index contributed by atoms with van der Waals surface area (Å²) >= 11 is 2.91. The quantitative estimate of drug-likeness (QED) is 0.817. The van der Waals surface area contributed by atoms with E-state index in [-0.39, 0.29) is 27.1 Å². The first-order chi connectivity index (χ1) is 9.72. The zero-order valence-corrected chi connectivity index (χ0v) is 13.5. The monoisotopic (exact) mass is 380 g/mol. The maximum absolute atomic E-state index is 13.8. The summed E-state index contributed by atoms with van der Waals surface area (Å²) in [6.07, 6.45) is 1.37. The summed E-state index contributed by atoms with van der Waals surface area (Å²) in [5, 5.41) is 7.65. The molecule has 6 nitrogen and oxygen atoms in total. The number of nitrogens with one attached hydrogen (secondary N) is 1. The number of rotatable bonds is 4. The molecule has 0 spiro atoms. The number of hydrogen-bond donors (Lipinski definition) is 2. The molecule has 1 saturated carbocycles. The maximum Gasteiger partial charge on any atom is 0.254 e. The van der Waals surface area contributed by atoms with Crippen LogP contribution in [0.5, 0.6) is 0 Å². The van der Waals surface area contributed by atoms with Crippen molar-refractivity contribution in [2.24, 2.45) is 5.14 Å². The summed E-state index contributed by atoms with van der Waals surface area (Å²) in [6.45, 7) is 0. The predicted molar refractivity (Wildman–Crippen MR) is 76.8 cm³/mol. The van der Waals surface area contributed by atoms with Gasteiger partial charge in [-0.25, -0.2) is 17.9 Å². The smallest absolute Gasteiger partial charge is 0.254 e. The van der Waals surface area contributed by atoms with Crippen molar-refractivity contribution in [3.05, 3.63) is 28.0 Å². The first-order valence-electron chi connectivity index (χ1n) is 6.08. The van der Waals surface area contributed by atoms with Gasteiger partial charge in [0.15, 0.2) is 0 Å². The Morgan fingerprint density at radius 1 is 1.48 bits per heavy atom. The van der Waals surface area contributed by atoms with E-state index < -0.39 is 21.7 Å². The second kappa shape index (κ2) is 5.99. The van der Waals surface area contributed by atoms with Gasteiger partial charge in [-0.15, -0.1) is 0 Å². The highest BCUT2D eigenvalue weighted by atomic mass is 79.9. The van der Waals surface area contributed by atoms with Crippen LogP contribution in [-0.2, 0) is 14.8 Å². The van der Waals surface area contributed by atoms with E-state index in [0.717, 1.165) is 12.1 Å². The lowest BCUT2D eigenvalue weighted by atomic mass is 9.89. The number of methoxy groups -OCH3 is 1. The molecule has 0 radical (unpaired) electrons. The van der Waals surface area contributed by atoms with Crippen LogP contribution in [0.2, 0.25) is 0 Å². The number of hydrogen-bond acceptors (Lipinski definition) is 4. The van der Waals surface area contributed by atoms with E-state index in [2.05, 4.69) is 21.2 Å². The van der Waals surface area contributed by atoms with Gasteiger partial charge in [0.2, 0.25) is 10.0 Å². The van der Waals surface area contributed by atoms with Crippen molar-refractivity contribution in [2.75, 3.05) is 7.11 Å². The zero-order chi connectivity index (χ0) is 15.8. The minimum absolute atomic E-state index is 0.0258. The van der Waals surface area contributed by atoms with Crippen LogP contribution in [0.25, 0.3) is 0 Å². The van der Waals surface area contributed by atoms with Crippen LogP contribution in [-0.4, -0.2) is 33.6 Å². The number of sulfonamides is 1. The van der Waals surface area contributed by atoms with E-state index in [1.807, 2.05) is 0 Å². The molecule has 3 N–H and O–H groups in total. The summed E-state index contributed by atoms with van der Waals surface area (Å²) in [6, 6.07) is 1.73. The lowest BCUT2D eigenvalue weighted by molar-refractivity contribution is 0.0175. The molecule has 21 heavy (non-hydrogen) atoms. The van der Waals surface area contributed by atoms with E-state index in [9.17, 15) is 17.6 Å². The number of nitrogens with two attached hydrogens (primary N) is 1. The second-order valence-corrected chi connectivity index (χ2v) is 7.19. The lowest BCUT2D eigenvalue weighted by Crippen LogP contribution is -2.47. The first kappa shape index (κ1) is 16.3. The Morgan fingerprint density at radius 2 is 2.10 bits per heavy atom. The van der Waals surface area contributed by atoms with Gasteiger partial charge in [0, 0.05) is 17.6 Å². The molecule has 0 aliphatic heterocycles. The average Bonchev–Trinajstić information content (AvgIpc) is 2.31. The predicted octanol–water partition coefficient (Wildman–Crippen LogP) is 1.14. The fraction of sp³-hybridized carbons (Fsp3) is 0.417. The van der Waals surface area contributed by atoms with E-state index >= 15 is 0 Å². The van der Waals surface area contributed by atoms with E-state index in [1.54, 1.807) is 7.11 Å². The third-order valence-corrected chi connectivity index (χ3v) is 5.21. The van der Waals surface area contributed by atoms with E-state index in [1.165, 1.54) is 0 Å². The third kappa shape index (κ3) is 3.60. The topological polar surface area (TPSA) is 98.5 Å². The molecular weight excluding hydrogens is 367 g/mol.